The van der Waals surface area contributed by atoms with E-state index in [0.29, 0.717) is 12.6 Å². The summed E-state index contributed by atoms with van der Waals surface area (Å²) in [6.07, 6.45) is 4.14. The van der Waals surface area contributed by atoms with Crippen molar-refractivity contribution in [2.24, 2.45) is 0 Å². The van der Waals surface area contributed by atoms with Crippen LogP contribution in [0.5, 0.6) is 0 Å². The molecule has 1 aliphatic rings. The lowest BCUT2D eigenvalue weighted by Crippen LogP contribution is -2.34. The number of hydrogen-bond donors (Lipinski definition) is 1. The molecule has 0 unspecified atom stereocenters. The summed E-state index contributed by atoms with van der Waals surface area (Å²) in [6.45, 7) is 5.97. The third-order valence-corrected chi connectivity index (χ3v) is 4.95. The summed E-state index contributed by atoms with van der Waals surface area (Å²) in [7, 11) is 0. The number of benzene rings is 1. The fraction of sp³-hybridized carbons (Fsp3) is 0.500. The predicted molar refractivity (Wildman–Crippen MR) is 94.4 cm³/mol. The van der Waals surface area contributed by atoms with Gasteiger partial charge in [-0.3, -0.25) is 19.7 Å². The van der Waals surface area contributed by atoms with Crippen molar-refractivity contribution < 1.29 is 10.0 Å². The molecule has 0 amide bonds. The van der Waals surface area contributed by atoms with E-state index in [-0.39, 0.29) is 12.2 Å². The van der Waals surface area contributed by atoms with Crippen molar-refractivity contribution in [3.63, 3.8) is 0 Å². The Morgan fingerprint density at radius 1 is 1.36 bits per heavy atom. The van der Waals surface area contributed by atoms with E-state index in [1.807, 2.05) is 0 Å². The average molecular weight is 344 g/mol. The number of nitrogens with zero attached hydrogens (tertiary/aromatic N) is 4. The van der Waals surface area contributed by atoms with Crippen LogP contribution in [-0.4, -0.2) is 43.9 Å². The van der Waals surface area contributed by atoms with Crippen LogP contribution in [-0.2, 0) is 6.54 Å². The Morgan fingerprint density at radius 3 is 2.84 bits per heavy atom. The van der Waals surface area contributed by atoms with Gasteiger partial charge in [0.15, 0.2) is 0 Å². The number of β-amino-alcohol motifs (C(OH)–C–C–N with tert-alkyl or cyclic N) is 1. The van der Waals surface area contributed by atoms with Gasteiger partial charge in [-0.25, -0.2) is 0 Å². The third-order valence-electron chi connectivity index (χ3n) is 4.95. The van der Waals surface area contributed by atoms with Crippen LogP contribution in [0.2, 0.25) is 0 Å². The summed E-state index contributed by atoms with van der Waals surface area (Å²) >= 11 is 0. The molecular weight excluding hydrogens is 320 g/mol. The fourth-order valence-electron chi connectivity index (χ4n) is 3.49. The summed E-state index contributed by atoms with van der Waals surface area (Å²) in [5.74, 6) is 0. The first-order valence-electron chi connectivity index (χ1n) is 8.60. The molecule has 0 radical (unpaired) electrons. The second-order valence-corrected chi connectivity index (χ2v) is 6.83. The molecule has 2 aromatic rings. The molecule has 7 nitrogen and oxygen atoms in total. The molecule has 1 aromatic heterocycles. The van der Waals surface area contributed by atoms with E-state index in [0.717, 1.165) is 19.4 Å². The molecule has 1 N–H and O–H groups in total. The molecule has 1 aliphatic heterocycles. The van der Waals surface area contributed by atoms with Crippen LogP contribution in [0, 0.1) is 24.0 Å². The van der Waals surface area contributed by atoms with Gasteiger partial charge in [-0.15, -0.1) is 0 Å². The Labute approximate surface area is 147 Å². The Hall–Kier alpha value is -2.25. The quantitative estimate of drug-likeness (QED) is 0.643. The number of hydrogen-bond acceptors (Lipinski definition) is 5. The van der Waals surface area contributed by atoms with Gasteiger partial charge in [0.05, 0.1) is 17.6 Å². The monoisotopic (exact) mass is 344 g/mol. The Morgan fingerprint density at radius 2 is 2.16 bits per heavy atom. The van der Waals surface area contributed by atoms with E-state index in [4.69, 9.17) is 0 Å². The lowest BCUT2D eigenvalue weighted by molar-refractivity contribution is -0.385. The van der Waals surface area contributed by atoms with Crippen LogP contribution < -0.4 is 0 Å². The molecule has 1 fully saturated rings. The Balaban J connectivity index is 1.64. The fourth-order valence-corrected chi connectivity index (χ4v) is 3.49. The van der Waals surface area contributed by atoms with Crippen LogP contribution in [0.4, 0.5) is 5.69 Å². The summed E-state index contributed by atoms with van der Waals surface area (Å²) in [5.41, 5.74) is 3.81. The smallest absolute Gasteiger partial charge is 0.306 e. The minimum absolute atomic E-state index is 0.0543. The summed E-state index contributed by atoms with van der Waals surface area (Å²) in [4.78, 5) is 12.5. The van der Waals surface area contributed by atoms with Crippen LogP contribution in [0.3, 0.4) is 0 Å². The van der Waals surface area contributed by atoms with Gasteiger partial charge in [-0.05, 0) is 49.9 Å². The van der Waals surface area contributed by atoms with Crippen molar-refractivity contribution >= 4 is 5.69 Å². The maximum atomic E-state index is 10.7. The lowest BCUT2D eigenvalue weighted by atomic mass is 9.99. The summed E-state index contributed by atoms with van der Waals surface area (Å²) in [6, 6.07) is 6.89. The van der Waals surface area contributed by atoms with E-state index >= 15 is 0 Å². The van der Waals surface area contributed by atoms with Gasteiger partial charge in [0, 0.05) is 12.6 Å². The molecule has 1 aromatic carbocycles. The van der Waals surface area contributed by atoms with Crippen LogP contribution in [0.15, 0.2) is 30.6 Å². The van der Waals surface area contributed by atoms with Crippen LogP contribution in [0.1, 0.15) is 35.6 Å². The highest BCUT2D eigenvalue weighted by Gasteiger charge is 2.28. The maximum absolute atomic E-state index is 10.7. The number of rotatable bonds is 6. The minimum Gasteiger partial charge on any atom is -0.390 e. The normalized spacial score (nSPS) is 19.2. The predicted octanol–water partition coefficient (Wildman–Crippen LogP) is 2.61. The standard InChI is InChI=1S/C18H24N4O3/c1-13-5-6-15(8-14(13)2)18-4-3-7-20(18)11-17(23)12-21-10-16(9-19-21)22(24)25/h5-6,8-10,17-18,23H,3-4,7,11-12H2,1-2H3/t17-,18+/m0/s1. The minimum atomic E-state index is -0.619. The molecule has 134 valence electrons. The Kier molecular flexibility index (Phi) is 5.15. The van der Waals surface area contributed by atoms with E-state index < -0.39 is 11.0 Å². The number of aliphatic hydroxyl groups excluding tert-OH is 1. The maximum Gasteiger partial charge on any atom is 0.306 e. The number of aliphatic hydroxyl groups is 1. The zero-order valence-electron chi connectivity index (χ0n) is 14.6. The SMILES string of the molecule is Cc1ccc([C@H]2CCCN2C[C@H](O)Cn2cc([N+](=O)[O-])cn2)cc1C. The molecule has 0 bridgehead atoms. The molecule has 0 spiro atoms. The second-order valence-electron chi connectivity index (χ2n) is 6.83. The van der Waals surface area contributed by atoms with Gasteiger partial charge in [0.2, 0.25) is 0 Å². The Bertz CT molecular complexity index is 759. The molecule has 0 aliphatic carbocycles. The number of aryl methyl sites for hydroxylation is 2. The highest BCUT2D eigenvalue weighted by Crippen LogP contribution is 2.32. The molecule has 2 atom stereocenters. The van der Waals surface area contributed by atoms with Crippen molar-refractivity contribution in [2.75, 3.05) is 13.1 Å². The number of aromatic nitrogens is 2. The van der Waals surface area contributed by atoms with E-state index in [1.54, 1.807) is 0 Å². The first kappa shape index (κ1) is 17.6. The number of nitro groups is 1. The first-order valence-corrected chi connectivity index (χ1v) is 8.60. The highest BCUT2D eigenvalue weighted by atomic mass is 16.6. The molecular formula is C18H24N4O3. The summed E-state index contributed by atoms with van der Waals surface area (Å²) in [5, 5.41) is 25.1. The van der Waals surface area contributed by atoms with Crippen molar-refractivity contribution in [1.29, 1.82) is 0 Å². The van der Waals surface area contributed by atoms with Gasteiger partial charge < -0.3 is 5.11 Å². The van der Waals surface area contributed by atoms with Crippen LogP contribution in [0.25, 0.3) is 0 Å². The molecule has 0 saturated carbocycles. The third kappa shape index (κ3) is 4.05. The molecule has 25 heavy (non-hydrogen) atoms. The number of likely N-dealkylation sites (tertiary alicyclic amines) is 1. The first-order chi connectivity index (χ1) is 11.9. The van der Waals surface area contributed by atoms with Crippen molar-refractivity contribution in [2.45, 2.75) is 45.4 Å². The van der Waals surface area contributed by atoms with Crippen molar-refractivity contribution in [3.8, 4) is 0 Å². The van der Waals surface area contributed by atoms with Crippen molar-refractivity contribution in [3.05, 3.63) is 57.4 Å². The van der Waals surface area contributed by atoms with Gasteiger partial charge in [-0.2, -0.15) is 5.10 Å². The molecule has 7 heteroatoms. The molecule has 2 heterocycles. The molecule has 1 saturated heterocycles. The van der Waals surface area contributed by atoms with Crippen LogP contribution >= 0.6 is 0 Å². The lowest BCUT2D eigenvalue weighted by Gasteiger charge is -2.27. The van der Waals surface area contributed by atoms with E-state index in [2.05, 4.69) is 42.0 Å². The zero-order chi connectivity index (χ0) is 18.0. The van der Waals surface area contributed by atoms with Crippen molar-refractivity contribution in [1.82, 2.24) is 14.7 Å². The average Bonchev–Trinajstić information content (AvgIpc) is 3.19. The topological polar surface area (TPSA) is 84.4 Å². The van der Waals surface area contributed by atoms with Gasteiger partial charge in [0.1, 0.15) is 12.4 Å². The van der Waals surface area contributed by atoms with E-state index in [1.165, 1.54) is 33.8 Å². The largest absolute Gasteiger partial charge is 0.390 e. The highest BCUT2D eigenvalue weighted by molar-refractivity contribution is 5.32. The van der Waals surface area contributed by atoms with Gasteiger partial charge >= 0.3 is 5.69 Å². The molecule has 3 rings (SSSR count). The zero-order valence-corrected chi connectivity index (χ0v) is 14.6. The van der Waals surface area contributed by atoms with E-state index in [9.17, 15) is 15.2 Å². The van der Waals surface area contributed by atoms with Gasteiger partial charge in [-0.1, -0.05) is 18.2 Å². The summed E-state index contributed by atoms with van der Waals surface area (Å²) < 4.78 is 1.43. The van der Waals surface area contributed by atoms with Gasteiger partial charge in [0.25, 0.3) is 0 Å². The second kappa shape index (κ2) is 7.33.